The van der Waals surface area contributed by atoms with Gasteiger partial charge in [-0.25, -0.2) is 4.39 Å². The van der Waals surface area contributed by atoms with Gasteiger partial charge in [0.25, 0.3) is 0 Å². The van der Waals surface area contributed by atoms with E-state index in [1.165, 1.54) is 6.07 Å². The number of halogens is 2. The molecule has 0 bridgehead atoms. The van der Waals surface area contributed by atoms with Crippen LogP contribution in [0.3, 0.4) is 0 Å². The van der Waals surface area contributed by atoms with Gasteiger partial charge in [-0.15, -0.1) is 0 Å². The van der Waals surface area contributed by atoms with Crippen LogP contribution in [0.5, 0.6) is 0 Å². The number of nitrogens with two attached hydrogens (primary N) is 1. The summed E-state index contributed by atoms with van der Waals surface area (Å²) >= 11 is 3.39. The summed E-state index contributed by atoms with van der Waals surface area (Å²) in [6.45, 7) is 1.99. The number of nitrogen functional groups attached to an aromatic ring is 1. The lowest BCUT2D eigenvalue weighted by molar-refractivity contribution is 0.630. The van der Waals surface area contributed by atoms with Gasteiger partial charge in [-0.2, -0.15) is 5.10 Å². The normalized spacial score (nSPS) is 10.8. The van der Waals surface area contributed by atoms with Crippen molar-refractivity contribution in [3.63, 3.8) is 0 Å². The summed E-state index contributed by atoms with van der Waals surface area (Å²) in [5.74, 6) is 0.0253. The Balaban J connectivity index is 2.31. The molecule has 0 unspecified atom stereocenters. The Labute approximate surface area is 130 Å². The molecule has 5 heteroatoms. The number of hydrogen-bond donors (Lipinski definition) is 2. The molecule has 106 valence electrons. The average Bonchev–Trinajstić information content (AvgIpc) is 2.81. The predicted molar refractivity (Wildman–Crippen MR) is 86.3 cm³/mol. The highest BCUT2D eigenvalue weighted by atomic mass is 79.9. The Hall–Kier alpha value is -2.14. The van der Waals surface area contributed by atoms with Crippen LogP contribution >= 0.6 is 15.9 Å². The molecule has 3 aromatic rings. The van der Waals surface area contributed by atoms with Gasteiger partial charge >= 0.3 is 0 Å². The molecule has 0 radical (unpaired) electrons. The Bertz CT molecular complexity index is 791. The third-order valence-electron chi connectivity index (χ3n) is 3.42. The molecular weight excluding hydrogens is 333 g/mol. The molecule has 1 aromatic heterocycles. The van der Waals surface area contributed by atoms with Gasteiger partial charge in [0.05, 0.1) is 16.8 Å². The zero-order chi connectivity index (χ0) is 15.0. The van der Waals surface area contributed by atoms with Crippen LogP contribution in [0.2, 0.25) is 0 Å². The first-order valence-corrected chi connectivity index (χ1v) is 7.23. The molecule has 0 spiro atoms. The van der Waals surface area contributed by atoms with Crippen LogP contribution < -0.4 is 5.73 Å². The minimum Gasteiger partial charge on any atom is -0.382 e. The first kappa shape index (κ1) is 13.8. The average molecular weight is 346 g/mol. The summed E-state index contributed by atoms with van der Waals surface area (Å²) in [7, 11) is 0. The van der Waals surface area contributed by atoms with Gasteiger partial charge < -0.3 is 5.73 Å². The third-order valence-corrected chi connectivity index (χ3v) is 4.08. The number of aryl methyl sites for hydroxylation is 1. The van der Waals surface area contributed by atoms with E-state index in [2.05, 4.69) is 26.1 Å². The Morgan fingerprint density at radius 1 is 1.10 bits per heavy atom. The van der Waals surface area contributed by atoms with E-state index in [-0.39, 0.29) is 5.82 Å². The minimum absolute atomic E-state index is 0.331. The Morgan fingerprint density at radius 3 is 2.57 bits per heavy atom. The number of H-pyrrole nitrogens is 1. The van der Waals surface area contributed by atoms with E-state index in [9.17, 15) is 4.39 Å². The van der Waals surface area contributed by atoms with Gasteiger partial charge in [0, 0.05) is 4.47 Å². The van der Waals surface area contributed by atoms with Gasteiger partial charge in [0.15, 0.2) is 5.82 Å². The fourth-order valence-corrected chi connectivity index (χ4v) is 2.94. The molecule has 0 aliphatic rings. The number of nitrogens with zero attached hydrogens (tertiary/aromatic N) is 1. The van der Waals surface area contributed by atoms with E-state index in [4.69, 9.17) is 5.73 Å². The summed E-state index contributed by atoms with van der Waals surface area (Å²) in [6.07, 6.45) is 0. The number of aromatic nitrogens is 2. The van der Waals surface area contributed by atoms with Crippen LogP contribution in [0.4, 0.5) is 10.2 Å². The molecular formula is C16H13BrFN3. The molecule has 0 aliphatic carbocycles. The first-order chi connectivity index (χ1) is 10.1. The molecule has 0 fully saturated rings. The second-order valence-electron chi connectivity index (χ2n) is 4.77. The highest BCUT2D eigenvalue weighted by molar-refractivity contribution is 9.10. The molecule has 0 saturated heterocycles. The summed E-state index contributed by atoms with van der Waals surface area (Å²) < 4.78 is 14.9. The predicted octanol–water partition coefficient (Wildman–Crippen LogP) is 4.54. The van der Waals surface area contributed by atoms with E-state index in [1.807, 2.05) is 31.2 Å². The summed E-state index contributed by atoms with van der Waals surface area (Å²) in [4.78, 5) is 0. The van der Waals surface area contributed by atoms with Crippen molar-refractivity contribution in [3.05, 3.63) is 58.3 Å². The number of rotatable bonds is 2. The highest BCUT2D eigenvalue weighted by Crippen LogP contribution is 2.40. The van der Waals surface area contributed by atoms with Gasteiger partial charge in [-0.3, -0.25) is 5.10 Å². The monoisotopic (exact) mass is 345 g/mol. The third kappa shape index (κ3) is 2.34. The molecule has 3 nitrogen and oxygen atoms in total. The maximum atomic E-state index is 14.2. The summed E-state index contributed by atoms with van der Waals surface area (Å²) in [5, 5.41) is 6.91. The molecule has 3 N–H and O–H groups in total. The molecule has 0 atom stereocenters. The lowest BCUT2D eigenvalue weighted by atomic mass is 9.97. The van der Waals surface area contributed by atoms with Gasteiger partial charge in [-0.05, 0) is 46.1 Å². The van der Waals surface area contributed by atoms with Crippen molar-refractivity contribution in [1.82, 2.24) is 10.2 Å². The number of hydrogen-bond acceptors (Lipinski definition) is 2. The van der Waals surface area contributed by atoms with E-state index < -0.39 is 0 Å². The van der Waals surface area contributed by atoms with Crippen LogP contribution in [0.25, 0.3) is 22.4 Å². The van der Waals surface area contributed by atoms with Crippen molar-refractivity contribution < 1.29 is 4.39 Å². The number of anilines is 1. The van der Waals surface area contributed by atoms with Crippen molar-refractivity contribution in [2.75, 3.05) is 5.73 Å². The Kier molecular flexibility index (Phi) is 3.51. The second-order valence-corrected chi connectivity index (χ2v) is 5.62. The van der Waals surface area contributed by atoms with Crippen molar-refractivity contribution in [2.45, 2.75) is 6.92 Å². The zero-order valence-electron chi connectivity index (χ0n) is 11.3. The zero-order valence-corrected chi connectivity index (χ0v) is 12.9. The molecule has 0 aliphatic heterocycles. The van der Waals surface area contributed by atoms with Crippen LogP contribution in [-0.2, 0) is 0 Å². The quantitative estimate of drug-likeness (QED) is 0.716. The molecule has 21 heavy (non-hydrogen) atoms. The molecule has 0 saturated carbocycles. The van der Waals surface area contributed by atoms with E-state index in [0.717, 1.165) is 16.7 Å². The maximum Gasteiger partial charge on any atom is 0.153 e. The largest absolute Gasteiger partial charge is 0.382 e. The van der Waals surface area contributed by atoms with Gasteiger partial charge in [-0.1, -0.05) is 30.3 Å². The lowest BCUT2D eigenvalue weighted by Crippen LogP contribution is -1.93. The number of nitrogens with one attached hydrogen (secondary N) is 1. The number of benzene rings is 2. The summed E-state index contributed by atoms with van der Waals surface area (Å²) in [5.41, 5.74) is 9.72. The van der Waals surface area contributed by atoms with Crippen LogP contribution in [0, 0.1) is 12.7 Å². The molecule has 3 rings (SSSR count). The second kappa shape index (κ2) is 5.33. The van der Waals surface area contributed by atoms with Crippen molar-refractivity contribution >= 4 is 21.7 Å². The van der Waals surface area contributed by atoms with Gasteiger partial charge in [0.2, 0.25) is 0 Å². The maximum absolute atomic E-state index is 14.2. The highest BCUT2D eigenvalue weighted by Gasteiger charge is 2.20. The smallest absolute Gasteiger partial charge is 0.153 e. The molecule has 2 aromatic carbocycles. The molecule has 1 heterocycles. The summed E-state index contributed by atoms with van der Waals surface area (Å²) in [6, 6.07) is 12.7. The van der Waals surface area contributed by atoms with Crippen LogP contribution in [-0.4, -0.2) is 10.2 Å². The topological polar surface area (TPSA) is 54.7 Å². The Morgan fingerprint density at radius 2 is 1.86 bits per heavy atom. The van der Waals surface area contributed by atoms with Crippen LogP contribution in [0.15, 0.2) is 46.9 Å². The minimum atomic E-state index is -0.331. The van der Waals surface area contributed by atoms with Crippen LogP contribution in [0.1, 0.15) is 5.56 Å². The standard InChI is InChI=1S/C16H13BrFN3/c1-9-5-2-3-6-10(9)13-15(20-21-16(13)19)14-11(17)7-4-8-12(14)18/h2-8H,1H3,(H3,19,20,21). The first-order valence-electron chi connectivity index (χ1n) is 6.44. The fraction of sp³-hybridized carbons (Fsp3) is 0.0625. The van der Waals surface area contributed by atoms with Crippen molar-refractivity contribution in [2.24, 2.45) is 0 Å². The SMILES string of the molecule is Cc1ccccc1-c1c(N)n[nH]c1-c1c(F)cccc1Br. The van der Waals surface area contributed by atoms with Crippen molar-refractivity contribution in [1.29, 1.82) is 0 Å². The fourth-order valence-electron chi connectivity index (χ4n) is 2.40. The lowest BCUT2D eigenvalue weighted by Gasteiger charge is -2.10. The number of aromatic amines is 1. The molecule has 0 amide bonds. The van der Waals surface area contributed by atoms with E-state index >= 15 is 0 Å². The van der Waals surface area contributed by atoms with Crippen molar-refractivity contribution in [3.8, 4) is 22.4 Å². The van der Waals surface area contributed by atoms with Gasteiger partial charge in [0.1, 0.15) is 5.82 Å². The van der Waals surface area contributed by atoms with E-state index in [0.29, 0.717) is 21.5 Å². The van der Waals surface area contributed by atoms with E-state index in [1.54, 1.807) is 12.1 Å².